The fourth-order valence-corrected chi connectivity index (χ4v) is 0. The maximum atomic E-state index is 9.06. The second-order valence-corrected chi connectivity index (χ2v) is 1.22. The van der Waals surface area contributed by atoms with Crippen LogP contribution in [0.5, 0.6) is 0 Å². The Hall–Kier alpha value is 0.0129. The maximum absolute atomic E-state index is 9.06. The van der Waals surface area contributed by atoms with Gasteiger partial charge < -0.3 is 0 Å². The van der Waals surface area contributed by atoms with Crippen molar-refractivity contribution >= 4 is 20.5 Å². The summed E-state index contributed by atoms with van der Waals surface area (Å²) in [7, 11) is 0. The zero-order chi connectivity index (χ0) is 3.41. The van der Waals surface area contributed by atoms with Crippen LogP contribution in [0.4, 0.5) is 0 Å². The van der Waals surface area contributed by atoms with Gasteiger partial charge in [0.1, 0.15) is 0 Å². The van der Waals surface area contributed by atoms with E-state index in [0.29, 0.717) is 5.12 Å². The van der Waals surface area contributed by atoms with E-state index in [1.165, 1.54) is 0 Å². The molecule has 0 rings (SSSR count). The minimum atomic E-state index is -1.42. The molecule has 4 heavy (non-hydrogen) atoms. The molecule has 0 atom stereocenters. The molecule has 3 heteroatoms. The summed E-state index contributed by atoms with van der Waals surface area (Å²) in [5.41, 5.74) is 0. The molecule has 0 saturated heterocycles. The van der Waals surface area contributed by atoms with E-state index in [1.54, 1.807) is 0 Å². The Bertz CT molecular complexity index is 27.0. The molecule has 0 aromatic carbocycles. The van der Waals surface area contributed by atoms with Crippen molar-refractivity contribution in [1.82, 2.24) is 0 Å². The second kappa shape index (κ2) is 3.01. The fourth-order valence-electron chi connectivity index (χ4n) is 0. The van der Waals surface area contributed by atoms with Gasteiger partial charge in [-0.3, -0.25) is 0 Å². The quantitative estimate of drug-likeness (QED) is 0.334. The molecule has 0 heterocycles. The summed E-state index contributed by atoms with van der Waals surface area (Å²) in [6.45, 7) is 0. The fraction of sp³-hybridized carbons (Fsp3) is 0. The van der Waals surface area contributed by atoms with Gasteiger partial charge in [0, 0.05) is 0 Å². The molecule has 0 aliphatic rings. The van der Waals surface area contributed by atoms with E-state index in [2.05, 4.69) is 0 Å². The molecule has 0 aliphatic carbocycles. The molecule has 0 bridgehead atoms. The van der Waals surface area contributed by atoms with Gasteiger partial charge in [-0.2, -0.15) is 0 Å². The molecule has 2 nitrogen and oxygen atoms in total. The summed E-state index contributed by atoms with van der Waals surface area (Å²) in [6, 6.07) is 0. The van der Waals surface area contributed by atoms with Crippen molar-refractivity contribution in [3.05, 3.63) is 0 Å². The molecule has 0 spiro atoms. The predicted octanol–water partition coefficient (Wildman–Crippen LogP) is -0.774. The molecule has 21 valence electrons. The van der Waals surface area contributed by atoms with Crippen molar-refractivity contribution in [3.8, 4) is 0 Å². The van der Waals surface area contributed by atoms with Gasteiger partial charge in [-0.15, -0.1) is 0 Å². The van der Waals surface area contributed by atoms with Crippen molar-refractivity contribution in [2.75, 3.05) is 0 Å². The van der Waals surface area contributed by atoms with Crippen LogP contribution in [0.25, 0.3) is 0 Å². The summed E-state index contributed by atoms with van der Waals surface area (Å²) in [4.78, 5) is 8.92. The van der Waals surface area contributed by atoms with Gasteiger partial charge >= 0.3 is 29.1 Å². The number of rotatable bonds is 1. The van der Waals surface area contributed by atoms with Crippen LogP contribution < -0.4 is 0 Å². The summed E-state index contributed by atoms with van der Waals surface area (Å²) < 4.78 is 9.06. The van der Waals surface area contributed by atoms with E-state index in [-0.39, 0.29) is 0 Å². The summed E-state index contributed by atoms with van der Waals surface area (Å²) >= 11 is -1.42. The molecule has 0 fully saturated rings. The first-order chi connectivity index (χ1) is 1.91. The van der Waals surface area contributed by atoms with Gasteiger partial charge in [0.05, 0.1) is 0 Å². The Balaban J connectivity index is 2.73. The molecule has 0 saturated carbocycles. The van der Waals surface area contributed by atoms with Crippen molar-refractivity contribution < 1.29 is 8.57 Å². The summed E-state index contributed by atoms with van der Waals surface area (Å²) in [6.07, 6.45) is 0. The molecule has 0 aliphatic heterocycles. The normalized spacial score (nSPS) is 5.00. The number of hydrogen-bond donors (Lipinski definition) is 0. The Morgan fingerprint density at radius 3 is 2.00 bits per heavy atom. The van der Waals surface area contributed by atoms with Crippen molar-refractivity contribution in [2.24, 2.45) is 0 Å². The minimum absolute atomic E-state index is 0.444. The van der Waals surface area contributed by atoms with Crippen LogP contribution in [-0.2, 0) is 8.57 Å². The Kier molecular flexibility index (Phi) is 3.02. The van der Waals surface area contributed by atoms with Gasteiger partial charge in [-0.25, -0.2) is 0 Å². The van der Waals surface area contributed by atoms with Crippen LogP contribution in [0, 0.1) is 0 Å². The summed E-state index contributed by atoms with van der Waals surface area (Å²) in [5.74, 6) is 0. The van der Waals surface area contributed by atoms with Crippen LogP contribution in [0.1, 0.15) is 0 Å². The van der Waals surface area contributed by atoms with E-state index in [0.717, 1.165) is 0 Å². The summed E-state index contributed by atoms with van der Waals surface area (Å²) in [5, 5.41) is 0.444. The molecule has 1 radical (unpaired) electrons. The molecule has 0 amide bonds. The first kappa shape index (κ1) is 4.01. The van der Waals surface area contributed by atoms with E-state index < -0.39 is 15.4 Å². The first-order valence-electron chi connectivity index (χ1n) is 0.729. The zero-order valence-electron chi connectivity index (χ0n) is 1.89. The molecular formula is CHGeO2. The predicted molar refractivity (Wildman–Crippen MR) is 13.2 cm³/mol. The Labute approximate surface area is 29.9 Å². The molecular weight excluding hydrogens is 117 g/mol. The third-order valence-electron chi connectivity index (χ3n) is 0.0481. The van der Waals surface area contributed by atoms with Crippen LogP contribution in [0.3, 0.4) is 0 Å². The number of carbonyl (C=O) groups excluding carboxylic acids is 1. The van der Waals surface area contributed by atoms with E-state index in [9.17, 15) is 0 Å². The van der Waals surface area contributed by atoms with Crippen LogP contribution >= 0.6 is 0 Å². The van der Waals surface area contributed by atoms with Gasteiger partial charge in [-0.1, -0.05) is 0 Å². The van der Waals surface area contributed by atoms with Gasteiger partial charge in [-0.05, 0) is 0 Å². The van der Waals surface area contributed by atoms with E-state index in [1.807, 2.05) is 0 Å². The molecule has 0 aromatic rings. The van der Waals surface area contributed by atoms with E-state index in [4.69, 9.17) is 8.57 Å². The van der Waals surface area contributed by atoms with Crippen LogP contribution in [-0.4, -0.2) is 20.5 Å². The van der Waals surface area contributed by atoms with Crippen molar-refractivity contribution in [2.45, 2.75) is 0 Å². The zero-order valence-corrected chi connectivity index (χ0v) is 3.99. The first-order valence-corrected chi connectivity index (χ1v) is 2.80. The SMILES string of the molecule is O=[CH][Ge]=[O]. The molecule has 0 unspecified atom stereocenters. The third kappa shape index (κ3) is 2.01. The number of hydrogen-bond acceptors (Lipinski definition) is 2. The van der Waals surface area contributed by atoms with Crippen molar-refractivity contribution in [3.63, 3.8) is 0 Å². The third-order valence-corrected chi connectivity index (χ3v) is 0.250. The second-order valence-electron chi connectivity index (χ2n) is 0.236. The molecule has 0 aromatic heterocycles. The van der Waals surface area contributed by atoms with Crippen LogP contribution in [0.15, 0.2) is 0 Å². The topological polar surface area (TPSA) is 34.1 Å². The molecule has 0 N–H and O–H groups in total. The van der Waals surface area contributed by atoms with Crippen molar-refractivity contribution in [1.29, 1.82) is 0 Å². The average Bonchev–Trinajstić information content (AvgIpc) is 1.37. The van der Waals surface area contributed by atoms with Gasteiger partial charge in [0.2, 0.25) is 0 Å². The Morgan fingerprint density at radius 1 is 1.75 bits per heavy atom. The Morgan fingerprint density at radius 2 is 2.00 bits per heavy atom. The standard InChI is InChI=1S/CHGeO2/c3-1-2-4/h1H. The average molecular weight is 118 g/mol. The van der Waals surface area contributed by atoms with Gasteiger partial charge in [0.25, 0.3) is 0 Å². The van der Waals surface area contributed by atoms with Crippen LogP contribution in [0.2, 0.25) is 0 Å². The monoisotopic (exact) mass is 119 g/mol. The van der Waals surface area contributed by atoms with Gasteiger partial charge in [0.15, 0.2) is 0 Å². The van der Waals surface area contributed by atoms with E-state index >= 15 is 0 Å². The number of carbonyl (C=O) groups is 1.